The normalized spacial score (nSPS) is 20.1. The van der Waals surface area contributed by atoms with Gasteiger partial charge in [0, 0.05) is 12.8 Å². The summed E-state index contributed by atoms with van der Waals surface area (Å²) < 4.78 is 22.2. The predicted molar refractivity (Wildman–Crippen MR) is 233 cm³/mol. The number of esters is 2. The van der Waals surface area contributed by atoms with Gasteiger partial charge in [0.15, 0.2) is 12.4 Å². The summed E-state index contributed by atoms with van der Waals surface area (Å²) in [6.45, 7) is 3.43. The van der Waals surface area contributed by atoms with E-state index in [2.05, 4.69) is 26.0 Å². The van der Waals surface area contributed by atoms with Crippen LogP contribution >= 0.6 is 0 Å². The molecule has 10 heteroatoms. The highest BCUT2D eigenvalue weighted by Crippen LogP contribution is 2.23. The van der Waals surface area contributed by atoms with Gasteiger partial charge < -0.3 is 39.4 Å². The highest BCUT2D eigenvalue weighted by atomic mass is 16.7. The Bertz CT molecular complexity index is 959. The number of allylic oxidation sites excluding steroid dienone is 2. The number of aliphatic hydroxyl groups excluding tert-OH is 4. The number of carbonyl (C=O) groups is 2. The molecular weight excluding hydrogens is 737 g/mol. The molecule has 4 N–H and O–H groups in total. The number of rotatable bonds is 41. The molecule has 6 atom stereocenters. The third-order valence-corrected chi connectivity index (χ3v) is 11.4. The molecule has 342 valence electrons. The van der Waals surface area contributed by atoms with Gasteiger partial charge in [0.05, 0.1) is 13.2 Å². The van der Waals surface area contributed by atoms with Crippen molar-refractivity contribution in [3.05, 3.63) is 12.2 Å². The lowest BCUT2D eigenvalue weighted by Crippen LogP contribution is -2.59. The van der Waals surface area contributed by atoms with Gasteiger partial charge in [-0.05, 0) is 38.5 Å². The molecule has 58 heavy (non-hydrogen) atoms. The van der Waals surface area contributed by atoms with Crippen molar-refractivity contribution >= 4 is 11.9 Å². The lowest BCUT2D eigenvalue weighted by molar-refractivity contribution is -0.305. The smallest absolute Gasteiger partial charge is 0.306 e. The van der Waals surface area contributed by atoms with E-state index in [1.165, 1.54) is 141 Å². The molecule has 2 unspecified atom stereocenters. The Kier molecular flexibility index (Phi) is 37.2. The van der Waals surface area contributed by atoms with E-state index in [1.54, 1.807) is 0 Å². The van der Waals surface area contributed by atoms with E-state index < -0.39 is 49.4 Å². The summed E-state index contributed by atoms with van der Waals surface area (Å²) in [7, 11) is 0. The fourth-order valence-corrected chi connectivity index (χ4v) is 7.54. The third-order valence-electron chi connectivity index (χ3n) is 11.4. The van der Waals surface area contributed by atoms with E-state index in [0.29, 0.717) is 12.8 Å². The zero-order valence-electron chi connectivity index (χ0n) is 37.3. The van der Waals surface area contributed by atoms with Crippen molar-refractivity contribution < 1.29 is 49.0 Å². The van der Waals surface area contributed by atoms with E-state index >= 15 is 0 Å². The highest BCUT2D eigenvalue weighted by Gasteiger charge is 2.44. The van der Waals surface area contributed by atoms with Crippen LogP contribution in [0.4, 0.5) is 0 Å². The molecule has 1 aliphatic heterocycles. The maximum atomic E-state index is 12.8. The van der Waals surface area contributed by atoms with Gasteiger partial charge in [-0.1, -0.05) is 187 Å². The van der Waals surface area contributed by atoms with Crippen LogP contribution in [-0.4, -0.2) is 89.0 Å². The zero-order chi connectivity index (χ0) is 42.3. The standard InChI is InChI=1S/C48H90O10/c1-3-5-7-9-11-13-15-17-18-19-20-21-22-23-25-27-29-31-33-35-37-44(51)57-41(40-56-48-47(54)46(53)45(52)42(38-49)58-48)39-55-43(50)36-34-32-30-28-26-24-16-14-12-10-8-6-4-2/h24,26,41-42,45-49,52-54H,3-23,25,27-40H2,1-2H3/b26-24+/t41-,42-,45+,46?,47?,48-/m1/s1. The zero-order valence-corrected chi connectivity index (χ0v) is 37.3. The van der Waals surface area contributed by atoms with Crippen LogP contribution in [0.15, 0.2) is 12.2 Å². The molecule has 1 aliphatic rings. The van der Waals surface area contributed by atoms with Crippen molar-refractivity contribution in [2.24, 2.45) is 0 Å². The fraction of sp³-hybridized carbons (Fsp3) is 0.917. The van der Waals surface area contributed by atoms with Crippen LogP contribution in [0, 0.1) is 0 Å². The third kappa shape index (κ3) is 30.5. The molecule has 1 saturated heterocycles. The van der Waals surface area contributed by atoms with Crippen LogP contribution in [0.3, 0.4) is 0 Å². The Morgan fingerprint density at radius 3 is 1.36 bits per heavy atom. The van der Waals surface area contributed by atoms with Crippen LogP contribution in [0.25, 0.3) is 0 Å². The van der Waals surface area contributed by atoms with Gasteiger partial charge in [-0.3, -0.25) is 9.59 Å². The van der Waals surface area contributed by atoms with E-state index in [1.807, 2.05) is 0 Å². The second-order valence-electron chi connectivity index (χ2n) is 16.9. The molecule has 1 rings (SSSR count). The summed E-state index contributed by atoms with van der Waals surface area (Å²) in [6, 6.07) is 0. The molecule has 0 amide bonds. The van der Waals surface area contributed by atoms with Gasteiger partial charge in [-0.25, -0.2) is 0 Å². The quantitative estimate of drug-likeness (QED) is 0.0266. The minimum Gasteiger partial charge on any atom is -0.462 e. The minimum absolute atomic E-state index is 0.220. The Hall–Kier alpha value is -1.56. The summed E-state index contributed by atoms with van der Waals surface area (Å²) in [5.41, 5.74) is 0. The Labute approximate surface area is 354 Å². The molecule has 0 aromatic carbocycles. The molecule has 0 radical (unpaired) electrons. The van der Waals surface area contributed by atoms with Crippen LogP contribution in [0.1, 0.15) is 226 Å². The predicted octanol–water partition coefficient (Wildman–Crippen LogP) is 10.7. The largest absolute Gasteiger partial charge is 0.462 e. The maximum absolute atomic E-state index is 12.8. The van der Waals surface area contributed by atoms with Crippen molar-refractivity contribution in [1.82, 2.24) is 0 Å². The van der Waals surface area contributed by atoms with Crippen LogP contribution in [0.5, 0.6) is 0 Å². The summed E-state index contributed by atoms with van der Waals surface area (Å²) in [5, 5.41) is 40.1. The van der Waals surface area contributed by atoms with E-state index in [4.69, 9.17) is 18.9 Å². The topological polar surface area (TPSA) is 152 Å². The number of hydrogen-bond donors (Lipinski definition) is 4. The van der Waals surface area contributed by atoms with Crippen molar-refractivity contribution in [1.29, 1.82) is 0 Å². The number of hydrogen-bond acceptors (Lipinski definition) is 10. The number of unbranched alkanes of at least 4 members (excludes halogenated alkanes) is 28. The van der Waals surface area contributed by atoms with Gasteiger partial charge in [0.2, 0.25) is 0 Å². The first-order valence-electron chi connectivity index (χ1n) is 24.3. The summed E-state index contributed by atoms with van der Waals surface area (Å²) in [5.74, 6) is -0.813. The molecule has 0 aromatic rings. The first kappa shape index (κ1) is 54.5. The Balaban J connectivity index is 2.27. The fourth-order valence-electron chi connectivity index (χ4n) is 7.54. The van der Waals surface area contributed by atoms with Crippen LogP contribution < -0.4 is 0 Å². The highest BCUT2D eigenvalue weighted by molar-refractivity contribution is 5.70. The average molecular weight is 827 g/mol. The molecule has 1 fully saturated rings. The number of aliphatic hydroxyl groups is 4. The molecule has 1 heterocycles. The van der Waals surface area contributed by atoms with Crippen molar-refractivity contribution in [3.8, 4) is 0 Å². The summed E-state index contributed by atoms with van der Waals surface area (Å²) in [4.78, 5) is 25.3. The number of ether oxygens (including phenoxy) is 4. The van der Waals surface area contributed by atoms with Crippen LogP contribution in [-0.2, 0) is 28.5 Å². The second-order valence-corrected chi connectivity index (χ2v) is 16.9. The molecule has 10 nitrogen and oxygen atoms in total. The number of carbonyl (C=O) groups excluding carboxylic acids is 2. The van der Waals surface area contributed by atoms with E-state index in [-0.39, 0.29) is 32.0 Å². The second kappa shape index (κ2) is 39.6. The van der Waals surface area contributed by atoms with Crippen molar-refractivity contribution in [3.63, 3.8) is 0 Å². The van der Waals surface area contributed by atoms with Gasteiger partial charge in [-0.15, -0.1) is 0 Å². The first-order valence-corrected chi connectivity index (χ1v) is 24.3. The van der Waals surface area contributed by atoms with Gasteiger partial charge in [0.25, 0.3) is 0 Å². The van der Waals surface area contributed by atoms with Gasteiger partial charge >= 0.3 is 11.9 Å². The van der Waals surface area contributed by atoms with Crippen molar-refractivity contribution in [2.45, 2.75) is 263 Å². The minimum atomic E-state index is -1.59. The monoisotopic (exact) mass is 827 g/mol. The lowest BCUT2D eigenvalue weighted by Gasteiger charge is -2.39. The summed E-state index contributed by atoms with van der Waals surface area (Å²) in [6.07, 6.45) is 35.1. The molecule has 0 spiro atoms. The van der Waals surface area contributed by atoms with Crippen LogP contribution in [0.2, 0.25) is 0 Å². The summed E-state index contributed by atoms with van der Waals surface area (Å²) >= 11 is 0. The molecule has 0 aromatic heterocycles. The Morgan fingerprint density at radius 2 is 0.914 bits per heavy atom. The van der Waals surface area contributed by atoms with Gasteiger partial charge in [0.1, 0.15) is 31.0 Å². The molecular formula is C48H90O10. The van der Waals surface area contributed by atoms with Gasteiger partial charge in [-0.2, -0.15) is 0 Å². The molecule has 0 bridgehead atoms. The maximum Gasteiger partial charge on any atom is 0.306 e. The van der Waals surface area contributed by atoms with E-state index in [9.17, 15) is 30.0 Å². The van der Waals surface area contributed by atoms with Crippen molar-refractivity contribution in [2.75, 3.05) is 19.8 Å². The molecule has 0 saturated carbocycles. The molecule has 0 aliphatic carbocycles. The van der Waals surface area contributed by atoms with E-state index in [0.717, 1.165) is 44.9 Å². The Morgan fingerprint density at radius 1 is 0.517 bits per heavy atom. The SMILES string of the molecule is CCCCCCCC/C=C/CCCCCC(=O)OC[C@H](CO[C@@H]1O[C@H](CO)[C@H](O)C(O)C1O)OC(=O)CCCCCCCCCCCCCCCCCCCCCC. The lowest BCUT2D eigenvalue weighted by atomic mass is 9.99. The first-order chi connectivity index (χ1) is 28.3. The average Bonchev–Trinajstić information content (AvgIpc) is 3.22.